The Morgan fingerprint density at radius 3 is 1.70 bits per heavy atom. The molecule has 3 aromatic rings. The molecule has 0 fully saturated rings. The van der Waals surface area contributed by atoms with Gasteiger partial charge in [0.15, 0.2) is 0 Å². The third-order valence-corrected chi connectivity index (χ3v) is 4.94. The highest BCUT2D eigenvalue weighted by molar-refractivity contribution is 5.70. The van der Waals surface area contributed by atoms with E-state index >= 15 is 13.2 Å². The highest BCUT2D eigenvalue weighted by Crippen LogP contribution is 2.60. The summed E-state index contributed by atoms with van der Waals surface area (Å²) in [5, 5.41) is 0. The number of rotatable bonds is 3. The first-order valence-corrected chi connectivity index (χ1v) is 8.66. The quantitative estimate of drug-likeness (QED) is 0.417. The van der Waals surface area contributed by atoms with Gasteiger partial charge in [-0.05, 0) is 42.0 Å². The van der Waals surface area contributed by atoms with Crippen LogP contribution in [-0.2, 0) is 15.0 Å². The number of ether oxygens (including phenoxy) is 1. The molecule has 1 aliphatic rings. The SMILES string of the molecule is O=C=Nc1ccc2c(c1)C(c1ccccc1)(C(F)(F)F)c1cc(N=C=O)ccc1O2. The van der Waals surface area contributed by atoms with E-state index < -0.39 is 11.6 Å². The van der Waals surface area contributed by atoms with Gasteiger partial charge < -0.3 is 4.74 Å². The number of hydrogen-bond acceptors (Lipinski definition) is 5. The molecule has 0 bridgehead atoms. The van der Waals surface area contributed by atoms with Gasteiger partial charge in [0.25, 0.3) is 0 Å². The maximum absolute atomic E-state index is 15.0. The van der Waals surface area contributed by atoms with E-state index in [1.54, 1.807) is 6.07 Å². The Morgan fingerprint density at radius 1 is 0.767 bits per heavy atom. The first-order valence-electron chi connectivity index (χ1n) is 8.66. The molecule has 0 atom stereocenters. The molecule has 0 radical (unpaired) electrons. The number of alkyl halides is 3. The average molecular weight is 408 g/mol. The zero-order chi connectivity index (χ0) is 21.4. The molecule has 0 aliphatic carbocycles. The number of carbonyl (C=O) groups excluding carboxylic acids is 2. The third-order valence-electron chi connectivity index (χ3n) is 4.94. The highest BCUT2D eigenvalue weighted by Gasteiger charge is 2.62. The Morgan fingerprint density at radius 2 is 1.27 bits per heavy atom. The zero-order valence-electron chi connectivity index (χ0n) is 15.1. The lowest BCUT2D eigenvalue weighted by molar-refractivity contribution is -0.168. The summed E-state index contributed by atoms with van der Waals surface area (Å²) in [5.74, 6) is -0.0552. The topological polar surface area (TPSA) is 68.1 Å². The summed E-state index contributed by atoms with van der Waals surface area (Å²) in [7, 11) is 0. The van der Waals surface area contributed by atoms with Crippen LogP contribution >= 0.6 is 0 Å². The van der Waals surface area contributed by atoms with Crippen LogP contribution in [0.3, 0.4) is 0 Å². The summed E-state index contributed by atoms with van der Waals surface area (Å²) >= 11 is 0. The Bertz CT molecular complexity index is 1160. The maximum atomic E-state index is 15.0. The standard InChI is InChI=1S/C22H11F3N2O3/c23-22(24,25)21(14-4-2-1-3-5-14)17-10-15(26-12-28)6-8-19(17)30-20-9-7-16(27-13-29)11-18(20)21/h1-11H. The van der Waals surface area contributed by atoms with Crippen molar-refractivity contribution in [2.45, 2.75) is 11.6 Å². The normalized spacial score (nSPS) is 16.9. The number of aliphatic imine (C=N–C) groups is 2. The van der Waals surface area contributed by atoms with E-state index in [0.29, 0.717) is 0 Å². The molecule has 0 saturated carbocycles. The van der Waals surface area contributed by atoms with Gasteiger partial charge in [-0.3, -0.25) is 0 Å². The highest BCUT2D eigenvalue weighted by atomic mass is 19.4. The molecular formula is C22H11F3N2O3. The van der Waals surface area contributed by atoms with Crippen molar-refractivity contribution in [2.24, 2.45) is 9.98 Å². The predicted octanol–water partition coefficient (Wildman–Crippen LogP) is 5.62. The number of fused-ring (bicyclic) bond motifs is 2. The molecule has 148 valence electrons. The van der Waals surface area contributed by atoms with Gasteiger partial charge in [-0.2, -0.15) is 23.2 Å². The van der Waals surface area contributed by atoms with Crippen molar-refractivity contribution >= 4 is 23.5 Å². The second-order valence-corrected chi connectivity index (χ2v) is 6.48. The van der Waals surface area contributed by atoms with Gasteiger partial charge in [0, 0.05) is 11.1 Å². The van der Waals surface area contributed by atoms with E-state index in [-0.39, 0.29) is 39.6 Å². The number of hydrogen-bond donors (Lipinski definition) is 0. The minimum Gasteiger partial charge on any atom is -0.457 e. The van der Waals surface area contributed by atoms with E-state index in [0.717, 1.165) is 12.1 Å². The summed E-state index contributed by atoms with van der Waals surface area (Å²) < 4.78 is 50.7. The van der Waals surface area contributed by atoms with E-state index in [2.05, 4.69) is 9.98 Å². The second-order valence-electron chi connectivity index (χ2n) is 6.48. The molecule has 0 spiro atoms. The molecule has 0 amide bonds. The van der Waals surface area contributed by atoms with Gasteiger partial charge in [-0.1, -0.05) is 30.3 Å². The van der Waals surface area contributed by atoms with Gasteiger partial charge in [0.1, 0.15) is 16.9 Å². The Balaban J connectivity index is 2.18. The average Bonchev–Trinajstić information content (AvgIpc) is 2.72. The van der Waals surface area contributed by atoms with Crippen LogP contribution < -0.4 is 4.74 Å². The van der Waals surface area contributed by atoms with Gasteiger partial charge >= 0.3 is 6.18 Å². The lowest BCUT2D eigenvalue weighted by Crippen LogP contribution is -2.46. The third kappa shape index (κ3) is 2.83. The Hall–Kier alpha value is -3.99. The van der Waals surface area contributed by atoms with Crippen molar-refractivity contribution in [1.29, 1.82) is 0 Å². The number of nitrogens with zero attached hydrogens (tertiary/aromatic N) is 2. The van der Waals surface area contributed by atoms with Crippen LogP contribution in [0.2, 0.25) is 0 Å². The second kappa shape index (κ2) is 7.12. The molecule has 0 saturated heterocycles. The molecular weight excluding hydrogens is 397 g/mol. The Labute approximate surface area is 168 Å². The smallest absolute Gasteiger partial charge is 0.406 e. The van der Waals surface area contributed by atoms with Gasteiger partial charge in [0.05, 0.1) is 11.4 Å². The zero-order valence-corrected chi connectivity index (χ0v) is 15.1. The largest absolute Gasteiger partial charge is 0.457 e. The van der Waals surface area contributed by atoms with Crippen molar-refractivity contribution in [3.63, 3.8) is 0 Å². The van der Waals surface area contributed by atoms with E-state index in [9.17, 15) is 9.59 Å². The molecule has 1 heterocycles. The van der Waals surface area contributed by atoms with E-state index in [4.69, 9.17) is 4.74 Å². The van der Waals surface area contributed by atoms with Crippen LogP contribution in [0, 0.1) is 0 Å². The van der Waals surface area contributed by atoms with Crippen LogP contribution in [-0.4, -0.2) is 18.3 Å². The number of halogens is 3. The van der Waals surface area contributed by atoms with Crippen LogP contribution in [0.15, 0.2) is 76.7 Å². The maximum Gasteiger partial charge on any atom is 0.406 e. The first kappa shape index (κ1) is 19.3. The van der Waals surface area contributed by atoms with Crippen molar-refractivity contribution < 1.29 is 27.5 Å². The summed E-state index contributed by atoms with van der Waals surface area (Å²) in [6, 6.07) is 15.0. The van der Waals surface area contributed by atoms with Crippen LogP contribution in [0.4, 0.5) is 24.5 Å². The summed E-state index contributed by atoms with van der Waals surface area (Å²) in [6.45, 7) is 0. The van der Waals surface area contributed by atoms with Gasteiger partial charge in [0.2, 0.25) is 12.2 Å². The molecule has 0 unspecified atom stereocenters. The van der Waals surface area contributed by atoms with Crippen molar-refractivity contribution in [2.75, 3.05) is 0 Å². The van der Waals surface area contributed by atoms with Crippen LogP contribution in [0.5, 0.6) is 11.5 Å². The lowest BCUT2D eigenvalue weighted by atomic mass is 9.67. The van der Waals surface area contributed by atoms with E-state index in [1.165, 1.54) is 60.7 Å². The van der Waals surface area contributed by atoms with Crippen molar-refractivity contribution in [1.82, 2.24) is 0 Å². The van der Waals surface area contributed by atoms with Crippen LogP contribution in [0.1, 0.15) is 16.7 Å². The number of isocyanates is 2. The molecule has 4 rings (SSSR count). The monoisotopic (exact) mass is 408 g/mol. The summed E-state index contributed by atoms with van der Waals surface area (Å²) in [5.41, 5.74) is -3.19. The lowest BCUT2D eigenvalue weighted by Gasteiger charge is -2.42. The fourth-order valence-corrected chi connectivity index (χ4v) is 3.78. The fourth-order valence-electron chi connectivity index (χ4n) is 3.78. The molecule has 0 N–H and O–H groups in total. The van der Waals surface area contributed by atoms with Gasteiger partial charge in [-0.15, -0.1) is 0 Å². The minimum atomic E-state index is -4.82. The molecule has 1 aliphatic heterocycles. The molecule has 3 aromatic carbocycles. The Kier molecular flexibility index (Phi) is 4.59. The summed E-state index contributed by atoms with van der Waals surface area (Å²) in [4.78, 5) is 28.3. The first-order chi connectivity index (χ1) is 14.4. The van der Waals surface area contributed by atoms with Gasteiger partial charge in [-0.25, -0.2) is 9.59 Å². The molecule has 8 heteroatoms. The van der Waals surface area contributed by atoms with Crippen molar-refractivity contribution in [3.8, 4) is 11.5 Å². The van der Waals surface area contributed by atoms with Crippen molar-refractivity contribution in [3.05, 3.63) is 83.4 Å². The van der Waals surface area contributed by atoms with E-state index in [1.807, 2.05) is 0 Å². The molecule has 0 aromatic heterocycles. The number of benzene rings is 3. The predicted molar refractivity (Wildman–Crippen MR) is 101 cm³/mol. The van der Waals surface area contributed by atoms with Crippen LogP contribution in [0.25, 0.3) is 0 Å². The summed E-state index contributed by atoms with van der Waals surface area (Å²) in [6.07, 6.45) is -2.15. The fraction of sp³-hybridized carbons (Fsp3) is 0.0909. The minimum absolute atomic E-state index is 0.00224. The molecule has 30 heavy (non-hydrogen) atoms. The molecule has 5 nitrogen and oxygen atoms in total.